The van der Waals surface area contributed by atoms with E-state index in [0.29, 0.717) is 35.8 Å². The van der Waals surface area contributed by atoms with E-state index in [1.807, 2.05) is 18.2 Å². The smallest absolute Gasteiger partial charge is 0.257 e. The van der Waals surface area contributed by atoms with E-state index in [4.69, 9.17) is 14.2 Å². The fraction of sp³-hybridized carbons (Fsp3) is 0.238. The molecule has 0 atom stereocenters. The largest absolute Gasteiger partial charge is 0.545 e. The summed E-state index contributed by atoms with van der Waals surface area (Å²) in [6.45, 7) is 0.352. The Morgan fingerprint density at radius 1 is 1.04 bits per heavy atom. The number of carbonyl (C=O) groups is 2. The van der Waals surface area contributed by atoms with Gasteiger partial charge in [0, 0.05) is 6.54 Å². The second-order valence-electron chi connectivity index (χ2n) is 5.80. The third-order valence-corrected chi connectivity index (χ3v) is 3.85. The Balaban J connectivity index is 1.75. The molecule has 1 N–H and O–H groups in total. The van der Waals surface area contributed by atoms with Crippen molar-refractivity contribution in [1.82, 2.24) is 5.32 Å². The molecule has 7 heteroatoms. The Labute approximate surface area is 163 Å². The van der Waals surface area contributed by atoms with Crippen molar-refractivity contribution in [3.05, 3.63) is 59.7 Å². The topological polar surface area (TPSA) is 96.9 Å². The highest BCUT2D eigenvalue weighted by Crippen LogP contribution is 2.27. The predicted molar refractivity (Wildman–Crippen MR) is 102 cm³/mol. The van der Waals surface area contributed by atoms with Gasteiger partial charge in [0.05, 0.1) is 20.2 Å². The van der Waals surface area contributed by atoms with Crippen LogP contribution < -0.4 is 24.6 Å². The summed E-state index contributed by atoms with van der Waals surface area (Å²) < 4.78 is 15.9. The summed E-state index contributed by atoms with van der Waals surface area (Å²) in [6.07, 6.45) is 3.01. The number of ether oxygens (including phenoxy) is 3. The molecule has 0 aliphatic heterocycles. The zero-order valence-corrected chi connectivity index (χ0v) is 15.8. The van der Waals surface area contributed by atoms with E-state index in [9.17, 15) is 14.7 Å². The first-order valence-electron chi connectivity index (χ1n) is 8.61. The lowest BCUT2D eigenvalue weighted by atomic mass is 10.1. The molecule has 1 amide bonds. The third kappa shape index (κ3) is 6.68. The van der Waals surface area contributed by atoms with Crippen LogP contribution in [0.4, 0.5) is 0 Å². The van der Waals surface area contributed by atoms with E-state index in [1.165, 1.54) is 6.08 Å². The zero-order chi connectivity index (χ0) is 20.4. The minimum Gasteiger partial charge on any atom is -0.545 e. The van der Waals surface area contributed by atoms with Crippen LogP contribution in [0.5, 0.6) is 17.2 Å². The highest BCUT2D eigenvalue weighted by molar-refractivity contribution is 5.83. The van der Waals surface area contributed by atoms with Crippen LogP contribution in [0, 0.1) is 0 Å². The van der Waals surface area contributed by atoms with E-state index in [2.05, 4.69) is 5.32 Å². The van der Waals surface area contributed by atoms with Gasteiger partial charge in [0.25, 0.3) is 5.91 Å². The molecule has 0 saturated carbocycles. The van der Waals surface area contributed by atoms with Gasteiger partial charge in [0.15, 0.2) is 18.1 Å². The van der Waals surface area contributed by atoms with Gasteiger partial charge in [-0.15, -0.1) is 0 Å². The van der Waals surface area contributed by atoms with E-state index in [-0.39, 0.29) is 12.5 Å². The van der Waals surface area contributed by atoms with Crippen LogP contribution in [-0.2, 0) is 16.0 Å². The number of methoxy groups -OCH3 is 2. The Bertz CT molecular complexity index is 829. The van der Waals surface area contributed by atoms with Gasteiger partial charge < -0.3 is 29.4 Å². The molecule has 148 valence electrons. The van der Waals surface area contributed by atoms with Crippen molar-refractivity contribution in [3.8, 4) is 17.2 Å². The van der Waals surface area contributed by atoms with E-state index < -0.39 is 5.97 Å². The van der Waals surface area contributed by atoms with Crippen molar-refractivity contribution >= 4 is 18.0 Å². The molecule has 0 aliphatic carbocycles. The molecular formula is C21H22NO6-. The molecule has 0 spiro atoms. The van der Waals surface area contributed by atoms with Gasteiger partial charge in [-0.1, -0.05) is 24.3 Å². The van der Waals surface area contributed by atoms with Crippen LogP contribution in [0.3, 0.4) is 0 Å². The van der Waals surface area contributed by atoms with Crippen LogP contribution in [0.15, 0.2) is 48.5 Å². The minimum atomic E-state index is -1.26. The van der Waals surface area contributed by atoms with E-state index >= 15 is 0 Å². The second kappa shape index (κ2) is 10.6. The van der Waals surface area contributed by atoms with Gasteiger partial charge >= 0.3 is 0 Å². The highest BCUT2D eigenvalue weighted by Gasteiger charge is 2.06. The SMILES string of the molecule is COc1ccc(CCNC(=O)COc2ccc(/C=C/C(=O)[O-])cc2)cc1OC. The Kier molecular flexibility index (Phi) is 7.90. The van der Waals surface area contributed by atoms with Crippen molar-refractivity contribution in [1.29, 1.82) is 0 Å². The number of hydrogen-bond acceptors (Lipinski definition) is 6. The van der Waals surface area contributed by atoms with Crippen LogP contribution in [0.1, 0.15) is 11.1 Å². The Morgan fingerprint density at radius 2 is 1.75 bits per heavy atom. The van der Waals surface area contributed by atoms with Crippen molar-refractivity contribution < 1.29 is 28.9 Å². The van der Waals surface area contributed by atoms with Crippen LogP contribution in [0.2, 0.25) is 0 Å². The lowest BCUT2D eigenvalue weighted by molar-refractivity contribution is -0.297. The molecule has 2 aromatic rings. The van der Waals surface area contributed by atoms with Gasteiger partial charge in [-0.05, 0) is 47.9 Å². The number of carbonyl (C=O) groups excluding carboxylic acids is 2. The summed E-state index contributed by atoms with van der Waals surface area (Å²) in [4.78, 5) is 22.3. The summed E-state index contributed by atoms with van der Waals surface area (Å²) in [6, 6.07) is 12.3. The number of carboxylic acid groups (broad SMARTS) is 1. The normalized spacial score (nSPS) is 10.5. The predicted octanol–water partition coefficient (Wildman–Crippen LogP) is 1.20. The maximum Gasteiger partial charge on any atom is 0.257 e. The summed E-state index contributed by atoms with van der Waals surface area (Å²) in [5.74, 6) is 0.324. The first kappa shape index (κ1) is 20.8. The average Bonchev–Trinajstić information content (AvgIpc) is 2.71. The lowest BCUT2D eigenvalue weighted by Crippen LogP contribution is -2.30. The molecule has 0 aliphatic rings. The summed E-state index contributed by atoms with van der Waals surface area (Å²) in [5.41, 5.74) is 1.70. The molecule has 7 nitrogen and oxygen atoms in total. The molecule has 0 fully saturated rings. The molecule has 2 rings (SSSR count). The van der Waals surface area contributed by atoms with Crippen molar-refractivity contribution in [3.63, 3.8) is 0 Å². The quantitative estimate of drug-likeness (QED) is 0.619. The molecular weight excluding hydrogens is 362 g/mol. The lowest BCUT2D eigenvalue weighted by Gasteiger charge is -2.10. The molecule has 28 heavy (non-hydrogen) atoms. The zero-order valence-electron chi connectivity index (χ0n) is 15.8. The van der Waals surface area contributed by atoms with Gasteiger partial charge in [0.1, 0.15) is 5.75 Å². The number of nitrogens with one attached hydrogen (secondary N) is 1. The molecule has 0 unspecified atom stereocenters. The van der Waals surface area contributed by atoms with Gasteiger partial charge in [-0.25, -0.2) is 0 Å². The third-order valence-electron chi connectivity index (χ3n) is 3.85. The summed E-state index contributed by atoms with van der Waals surface area (Å²) in [5, 5.41) is 13.2. The second-order valence-corrected chi connectivity index (χ2v) is 5.80. The summed E-state index contributed by atoms with van der Waals surface area (Å²) in [7, 11) is 3.16. The van der Waals surface area contributed by atoms with Crippen molar-refractivity contribution in [2.75, 3.05) is 27.4 Å². The number of aliphatic carboxylic acids is 1. The number of benzene rings is 2. The molecule has 0 bridgehead atoms. The van der Waals surface area contributed by atoms with Crippen molar-refractivity contribution in [2.45, 2.75) is 6.42 Å². The highest BCUT2D eigenvalue weighted by atomic mass is 16.5. The average molecular weight is 384 g/mol. The molecule has 0 saturated heterocycles. The van der Waals surface area contributed by atoms with Crippen LogP contribution in [0.25, 0.3) is 6.08 Å². The maximum atomic E-state index is 11.9. The maximum absolute atomic E-state index is 11.9. The number of rotatable bonds is 10. The summed E-state index contributed by atoms with van der Waals surface area (Å²) >= 11 is 0. The number of amides is 1. The van der Waals surface area contributed by atoms with Crippen LogP contribution >= 0.6 is 0 Å². The fourth-order valence-electron chi connectivity index (χ4n) is 2.42. The van der Waals surface area contributed by atoms with Crippen LogP contribution in [-0.4, -0.2) is 39.2 Å². The van der Waals surface area contributed by atoms with Gasteiger partial charge in [-0.2, -0.15) is 0 Å². The molecule has 2 aromatic carbocycles. The standard InChI is InChI=1S/C21H23NO6/c1-26-18-9-5-16(13-19(18)27-2)11-12-22-20(23)14-28-17-7-3-15(4-8-17)6-10-21(24)25/h3-10,13H,11-12,14H2,1-2H3,(H,22,23)(H,24,25)/p-1/b10-6+. The van der Waals surface area contributed by atoms with E-state index in [1.54, 1.807) is 38.5 Å². The fourth-order valence-corrected chi connectivity index (χ4v) is 2.42. The minimum absolute atomic E-state index is 0.111. The number of hydrogen-bond donors (Lipinski definition) is 1. The monoisotopic (exact) mass is 384 g/mol. The van der Waals surface area contributed by atoms with E-state index in [0.717, 1.165) is 11.6 Å². The Morgan fingerprint density at radius 3 is 2.39 bits per heavy atom. The molecule has 0 radical (unpaired) electrons. The van der Waals surface area contributed by atoms with Crippen molar-refractivity contribution in [2.24, 2.45) is 0 Å². The first-order chi connectivity index (χ1) is 13.5. The van der Waals surface area contributed by atoms with Gasteiger partial charge in [0.2, 0.25) is 0 Å². The molecule has 0 aromatic heterocycles. The Hall–Kier alpha value is -3.48. The molecule has 0 heterocycles. The first-order valence-corrected chi connectivity index (χ1v) is 8.61. The van der Waals surface area contributed by atoms with Gasteiger partial charge in [-0.3, -0.25) is 4.79 Å². The number of carboxylic acids is 1.